The number of piperidine rings is 1. The number of benzene rings is 1. The largest absolute Gasteiger partial charge is 0.494 e. The SMILES string of the molecule is COc1cc(F)cc2c1nc(N)n1nc([C@@]3(F)CCCN(c4cnn(CC(C)(C)O)c4)C3)nc21. The van der Waals surface area contributed by atoms with E-state index in [1.807, 2.05) is 4.90 Å². The van der Waals surface area contributed by atoms with Crippen molar-refractivity contribution in [2.45, 2.75) is 44.5 Å². The quantitative estimate of drug-likeness (QED) is 0.455. The number of nitrogens with zero attached hydrogens (tertiary/aromatic N) is 7. The van der Waals surface area contributed by atoms with Crippen LogP contribution < -0.4 is 15.4 Å². The van der Waals surface area contributed by atoms with Crippen LogP contribution in [0.1, 0.15) is 32.5 Å². The molecular formula is C22H26F2N8O2. The Hall–Kier alpha value is -3.54. The molecular weight excluding hydrogens is 446 g/mol. The number of aliphatic hydroxyl groups is 1. The summed E-state index contributed by atoms with van der Waals surface area (Å²) in [5.41, 5.74) is 4.57. The average Bonchev–Trinajstić information content (AvgIpc) is 3.41. The zero-order valence-corrected chi connectivity index (χ0v) is 19.2. The predicted molar refractivity (Wildman–Crippen MR) is 122 cm³/mol. The fourth-order valence-electron chi connectivity index (χ4n) is 4.43. The molecule has 12 heteroatoms. The minimum Gasteiger partial charge on any atom is -0.494 e. The van der Waals surface area contributed by atoms with Crippen molar-refractivity contribution in [1.82, 2.24) is 29.4 Å². The van der Waals surface area contributed by atoms with E-state index in [0.717, 1.165) is 5.69 Å². The van der Waals surface area contributed by atoms with Crippen LogP contribution in [0.2, 0.25) is 0 Å². The minimum atomic E-state index is -1.86. The molecule has 0 aliphatic carbocycles. The number of hydrogen-bond donors (Lipinski definition) is 2. The lowest BCUT2D eigenvalue weighted by Crippen LogP contribution is -2.44. The molecule has 3 N–H and O–H groups in total. The first kappa shape index (κ1) is 22.3. The highest BCUT2D eigenvalue weighted by Crippen LogP contribution is 2.37. The Kier molecular flexibility index (Phi) is 5.08. The molecule has 0 unspecified atom stereocenters. The smallest absolute Gasteiger partial charge is 0.223 e. The van der Waals surface area contributed by atoms with Gasteiger partial charge in [0.15, 0.2) is 17.1 Å². The van der Waals surface area contributed by atoms with Crippen LogP contribution in [0, 0.1) is 5.82 Å². The van der Waals surface area contributed by atoms with E-state index in [1.54, 1.807) is 30.9 Å². The Balaban J connectivity index is 1.52. The highest BCUT2D eigenvalue weighted by atomic mass is 19.1. The van der Waals surface area contributed by atoms with Gasteiger partial charge in [-0.15, -0.1) is 5.10 Å². The van der Waals surface area contributed by atoms with Crippen LogP contribution >= 0.6 is 0 Å². The van der Waals surface area contributed by atoms with Crippen LogP contribution in [-0.2, 0) is 12.2 Å². The molecule has 4 heterocycles. The second-order valence-corrected chi connectivity index (χ2v) is 9.34. The number of halogens is 2. The van der Waals surface area contributed by atoms with Gasteiger partial charge in [-0.1, -0.05) is 0 Å². The van der Waals surface area contributed by atoms with Gasteiger partial charge in [-0.2, -0.15) is 9.61 Å². The van der Waals surface area contributed by atoms with Gasteiger partial charge in [0.2, 0.25) is 5.95 Å². The summed E-state index contributed by atoms with van der Waals surface area (Å²) in [5, 5.41) is 19.0. The van der Waals surface area contributed by atoms with Crippen LogP contribution in [0.4, 0.5) is 20.4 Å². The third kappa shape index (κ3) is 3.87. The maximum absolute atomic E-state index is 16.3. The highest BCUT2D eigenvalue weighted by Gasteiger charge is 2.42. The maximum atomic E-state index is 16.3. The summed E-state index contributed by atoms with van der Waals surface area (Å²) in [6, 6.07) is 2.46. The van der Waals surface area contributed by atoms with Gasteiger partial charge < -0.3 is 20.5 Å². The van der Waals surface area contributed by atoms with Crippen LogP contribution in [0.15, 0.2) is 24.5 Å². The van der Waals surface area contributed by atoms with E-state index in [9.17, 15) is 9.50 Å². The van der Waals surface area contributed by atoms with Gasteiger partial charge in [0.05, 0.1) is 43.1 Å². The van der Waals surface area contributed by atoms with Crippen molar-refractivity contribution in [2.24, 2.45) is 0 Å². The summed E-state index contributed by atoms with van der Waals surface area (Å²) < 4.78 is 38.6. The number of hydrogen-bond acceptors (Lipinski definition) is 8. The molecule has 4 aromatic rings. The summed E-state index contributed by atoms with van der Waals surface area (Å²) >= 11 is 0. The Morgan fingerprint density at radius 3 is 2.82 bits per heavy atom. The Morgan fingerprint density at radius 1 is 1.29 bits per heavy atom. The van der Waals surface area contributed by atoms with E-state index in [0.29, 0.717) is 30.4 Å². The summed E-state index contributed by atoms with van der Waals surface area (Å²) in [7, 11) is 1.41. The van der Waals surface area contributed by atoms with E-state index in [1.165, 1.54) is 23.8 Å². The van der Waals surface area contributed by atoms with Gasteiger partial charge in [-0.05, 0) is 32.8 Å². The topological polar surface area (TPSA) is 120 Å². The lowest BCUT2D eigenvalue weighted by Gasteiger charge is -2.36. The Bertz CT molecular complexity index is 1380. The lowest BCUT2D eigenvalue weighted by molar-refractivity contribution is 0.0577. The van der Waals surface area contributed by atoms with E-state index >= 15 is 4.39 Å². The van der Waals surface area contributed by atoms with Crippen molar-refractivity contribution in [3.63, 3.8) is 0 Å². The minimum absolute atomic E-state index is 0.00433. The fraction of sp³-hybridized carbons (Fsp3) is 0.455. The van der Waals surface area contributed by atoms with E-state index < -0.39 is 17.1 Å². The molecule has 34 heavy (non-hydrogen) atoms. The number of alkyl halides is 1. The molecule has 10 nitrogen and oxygen atoms in total. The summed E-state index contributed by atoms with van der Waals surface area (Å²) in [5.74, 6) is -0.375. The normalized spacial score (nSPS) is 19.3. The van der Waals surface area contributed by atoms with Gasteiger partial charge in [-0.3, -0.25) is 4.68 Å². The van der Waals surface area contributed by atoms with Crippen LogP contribution in [0.5, 0.6) is 5.75 Å². The van der Waals surface area contributed by atoms with E-state index in [2.05, 4.69) is 20.2 Å². The summed E-state index contributed by atoms with van der Waals surface area (Å²) in [4.78, 5) is 10.6. The molecule has 1 aliphatic rings. The number of ether oxygens (including phenoxy) is 1. The first-order chi connectivity index (χ1) is 16.1. The fourth-order valence-corrected chi connectivity index (χ4v) is 4.43. The number of nitrogens with two attached hydrogens (primary N) is 1. The van der Waals surface area contributed by atoms with Gasteiger partial charge >= 0.3 is 0 Å². The van der Waals surface area contributed by atoms with Crippen molar-refractivity contribution in [2.75, 3.05) is 30.8 Å². The molecule has 1 saturated heterocycles. The highest BCUT2D eigenvalue weighted by molar-refractivity contribution is 5.96. The van der Waals surface area contributed by atoms with Crippen LogP contribution in [0.3, 0.4) is 0 Å². The van der Waals surface area contributed by atoms with Crippen molar-refractivity contribution in [3.8, 4) is 5.75 Å². The van der Waals surface area contributed by atoms with Gasteiger partial charge in [0.25, 0.3) is 0 Å². The number of rotatable bonds is 5. The molecule has 1 aromatic carbocycles. The zero-order chi connectivity index (χ0) is 24.3. The van der Waals surface area contributed by atoms with Gasteiger partial charge in [0, 0.05) is 18.8 Å². The average molecular weight is 473 g/mol. The number of nitrogen functional groups attached to an aromatic ring is 1. The zero-order valence-electron chi connectivity index (χ0n) is 19.2. The number of aromatic nitrogens is 6. The van der Waals surface area contributed by atoms with Crippen molar-refractivity contribution in [1.29, 1.82) is 0 Å². The third-order valence-electron chi connectivity index (χ3n) is 5.93. The number of fused-ring (bicyclic) bond motifs is 3. The second-order valence-electron chi connectivity index (χ2n) is 9.34. The molecule has 1 aliphatic heterocycles. The van der Waals surface area contributed by atoms with Crippen molar-refractivity contribution >= 4 is 28.2 Å². The van der Waals surface area contributed by atoms with Crippen LogP contribution in [-0.4, -0.2) is 60.3 Å². The molecule has 5 rings (SSSR count). The second kappa shape index (κ2) is 7.76. The maximum Gasteiger partial charge on any atom is 0.223 e. The molecule has 180 valence electrons. The lowest BCUT2D eigenvalue weighted by atomic mass is 9.93. The number of anilines is 2. The van der Waals surface area contributed by atoms with Crippen LogP contribution in [0.25, 0.3) is 16.6 Å². The molecule has 0 bridgehead atoms. The van der Waals surface area contributed by atoms with E-state index in [4.69, 9.17) is 10.5 Å². The molecule has 3 aromatic heterocycles. The Morgan fingerprint density at radius 2 is 2.09 bits per heavy atom. The molecule has 0 radical (unpaired) electrons. The standard InChI is InChI=1S/C22H26F2N8O2/c1-21(2,33)11-31-10-14(9-26-31)30-6-4-5-22(24,12-30)19-28-18-15-7-13(23)8-16(34-3)17(15)27-20(25)32(18)29-19/h7-10,33H,4-6,11-12H2,1-3H3,(H2,25,27)/t22-/m1/s1. The van der Waals surface area contributed by atoms with Gasteiger partial charge in [0.1, 0.15) is 17.1 Å². The molecule has 1 fully saturated rings. The number of methoxy groups -OCH3 is 1. The molecule has 0 saturated carbocycles. The van der Waals surface area contributed by atoms with E-state index in [-0.39, 0.29) is 36.1 Å². The first-order valence-electron chi connectivity index (χ1n) is 10.9. The first-order valence-corrected chi connectivity index (χ1v) is 10.9. The van der Waals surface area contributed by atoms with Gasteiger partial charge in [-0.25, -0.2) is 18.7 Å². The predicted octanol–water partition coefficient (Wildman–Crippen LogP) is 2.44. The van der Waals surface area contributed by atoms with Crippen molar-refractivity contribution < 1.29 is 18.6 Å². The molecule has 0 spiro atoms. The summed E-state index contributed by atoms with van der Waals surface area (Å²) in [6.45, 7) is 4.36. The molecule has 0 amide bonds. The monoisotopic (exact) mass is 472 g/mol. The van der Waals surface area contributed by atoms with Crippen molar-refractivity contribution in [3.05, 3.63) is 36.2 Å². The Labute approximate surface area is 194 Å². The summed E-state index contributed by atoms with van der Waals surface area (Å²) in [6.07, 6.45) is 4.23. The third-order valence-corrected chi connectivity index (χ3v) is 5.93. The molecule has 1 atom stereocenters.